The van der Waals surface area contributed by atoms with Gasteiger partial charge in [0.15, 0.2) is 5.82 Å². The molecule has 88 valence electrons. The molecular weight excluding hydrogens is 273 g/mol. The Morgan fingerprint density at radius 3 is 2.88 bits per heavy atom. The van der Waals surface area contributed by atoms with E-state index < -0.39 is 0 Å². The molecule has 1 fully saturated rings. The summed E-state index contributed by atoms with van der Waals surface area (Å²) in [5, 5.41) is 1.03. The zero-order valence-electron chi connectivity index (χ0n) is 9.07. The zero-order chi connectivity index (χ0) is 11.4. The van der Waals surface area contributed by atoms with Gasteiger partial charge in [-0.15, -0.1) is 0 Å². The molecule has 2 heterocycles. The van der Waals surface area contributed by atoms with E-state index in [-0.39, 0.29) is 5.82 Å². The molecule has 1 atom stereocenters. The van der Waals surface area contributed by atoms with E-state index in [0.717, 1.165) is 24.7 Å². The van der Waals surface area contributed by atoms with Crippen LogP contribution in [0.1, 0.15) is 25.7 Å². The molecule has 1 aromatic rings. The fraction of sp³-hybridized carbons (Fsp3) is 0.636. The monoisotopic (exact) mass is 287 g/mol. The van der Waals surface area contributed by atoms with Gasteiger partial charge in [0.2, 0.25) is 5.95 Å². The first-order valence-electron chi connectivity index (χ1n) is 5.61. The van der Waals surface area contributed by atoms with Crippen molar-refractivity contribution in [2.75, 3.05) is 16.8 Å². The van der Waals surface area contributed by atoms with E-state index in [0.29, 0.717) is 12.0 Å². The number of anilines is 1. The fourth-order valence-corrected chi connectivity index (χ4v) is 2.49. The first-order chi connectivity index (χ1) is 7.81. The van der Waals surface area contributed by atoms with Crippen LogP contribution < -0.4 is 4.90 Å². The third-order valence-corrected chi connectivity index (χ3v) is 3.47. The van der Waals surface area contributed by atoms with Crippen LogP contribution in [0.2, 0.25) is 0 Å². The van der Waals surface area contributed by atoms with E-state index in [1.807, 2.05) is 0 Å². The summed E-state index contributed by atoms with van der Waals surface area (Å²) in [7, 11) is 0. The molecule has 1 aliphatic heterocycles. The molecule has 1 saturated heterocycles. The van der Waals surface area contributed by atoms with Crippen LogP contribution in [0.25, 0.3) is 0 Å². The summed E-state index contributed by atoms with van der Waals surface area (Å²) < 4.78 is 12.7. The largest absolute Gasteiger partial charge is 0.338 e. The van der Waals surface area contributed by atoms with Crippen molar-refractivity contribution in [2.45, 2.75) is 31.7 Å². The maximum absolute atomic E-state index is 12.7. The minimum Gasteiger partial charge on any atom is -0.338 e. The highest BCUT2D eigenvalue weighted by Gasteiger charge is 2.25. The lowest BCUT2D eigenvalue weighted by atomic mass is 10.1. The van der Waals surface area contributed by atoms with Crippen molar-refractivity contribution in [1.29, 1.82) is 0 Å². The average Bonchev–Trinajstić information content (AvgIpc) is 2.75. The van der Waals surface area contributed by atoms with Crippen LogP contribution in [0.4, 0.5) is 10.3 Å². The summed E-state index contributed by atoms with van der Waals surface area (Å²) in [5.74, 6) is 0.290. The first kappa shape index (κ1) is 11.8. The van der Waals surface area contributed by atoms with E-state index >= 15 is 0 Å². The number of nitrogens with zero attached hydrogens (tertiary/aromatic N) is 3. The number of halogens is 2. The Hall–Kier alpha value is -0.710. The van der Waals surface area contributed by atoms with Crippen molar-refractivity contribution >= 4 is 21.9 Å². The summed E-state index contributed by atoms with van der Waals surface area (Å²) in [6.45, 7) is 0.985. The first-order valence-corrected chi connectivity index (χ1v) is 6.73. The van der Waals surface area contributed by atoms with Crippen molar-refractivity contribution < 1.29 is 4.39 Å². The van der Waals surface area contributed by atoms with Crippen molar-refractivity contribution in [3.63, 3.8) is 0 Å². The molecule has 0 radical (unpaired) electrons. The normalized spacial score (nSPS) is 20.4. The van der Waals surface area contributed by atoms with Gasteiger partial charge in [-0.25, -0.2) is 14.4 Å². The second-order valence-corrected chi connectivity index (χ2v) is 4.81. The Labute approximate surface area is 103 Å². The quantitative estimate of drug-likeness (QED) is 0.798. The van der Waals surface area contributed by atoms with Gasteiger partial charge in [-0.05, 0) is 25.7 Å². The molecule has 1 aliphatic rings. The molecule has 0 aromatic carbocycles. The number of alkyl halides is 1. The van der Waals surface area contributed by atoms with Crippen LogP contribution in [-0.2, 0) is 0 Å². The molecule has 0 amide bonds. The number of hydrogen-bond donors (Lipinski definition) is 0. The Bertz CT molecular complexity index is 331. The summed E-state index contributed by atoms with van der Waals surface area (Å²) in [6, 6.07) is 0.517. The van der Waals surface area contributed by atoms with Gasteiger partial charge < -0.3 is 4.90 Å². The predicted octanol–water partition coefficient (Wildman–Crippen LogP) is 2.76. The Kier molecular flexibility index (Phi) is 4.09. The third kappa shape index (κ3) is 2.70. The minimum absolute atomic E-state index is 0.375. The molecule has 1 aromatic heterocycles. The van der Waals surface area contributed by atoms with Crippen LogP contribution in [0.5, 0.6) is 0 Å². The highest BCUT2D eigenvalue weighted by molar-refractivity contribution is 9.09. The summed E-state index contributed by atoms with van der Waals surface area (Å²) >= 11 is 3.44. The minimum atomic E-state index is -0.375. The number of aromatic nitrogens is 2. The lowest BCUT2D eigenvalue weighted by Crippen LogP contribution is -2.30. The summed E-state index contributed by atoms with van der Waals surface area (Å²) in [4.78, 5) is 10.3. The molecule has 16 heavy (non-hydrogen) atoms. The van der Waals surface area contributed by atoms with Gasteiger partial charge in [0.1, 0.15) is 0 Å². The molecule has 0 N–H and O–H groups in total. The number of rotatable bonds is 4. The third-order valence-electron chi connectivity index (χ3n) is 2.91. The highest BCUT2D eigenvalue weighted by atomic mass is 79.9. The Morgan fingerprint density at radius 1 is 1.44 bits per heavy atom. The van der Waals surface area contributed by atoms with Gasteiger partial charge in [-0.2, -0.15) is 0 Å². The van der Waals surface area contributed by atoms with Crippen LogP contribution in [0, 0.1) is 5.82 Å². The van der Waals surface area contributed by atoms with Crippen LogP contribution >= 0.6 is 15.9 Å². The molecule has 2 rings (SSSR count). The topological polar surface area (TPSA) is 29.0 Å². The predicted molar refractivity (Wildman–Crippen MR) is 65.4 cm³/mol. The van der Waals surface area contributed by atoms with E-state index in [4.69, 9.17) is 0 Å². The lowest BCUT2D eigenvalue weighted by molar-refractivity contribution is 0.585. The molecule has 5 heteroatoms. The van der Waals surface area contributed by atoms with Crippen LogP contribution in [0.15, 0.2) is 12.4 Å². The van der Waals surface area contributed by atoms with Gasteiger partial charge >= 0.3 is 0 Å². The maximum Gasteiger partial charge on any atom is 0.225 e. The van der Waals surface area contributed by atoms with Crippen molar-refractivity contribution in [3.8, 4) is 0 Å². The van der Waals surface area contributed by atoms with E-state index in [9.17, 15) is 4.39 Å². The molecule has 0 spiro atoms. The Morgan fingerprint density at radius 2 is 2.19 bits per heavy atom. The van der Waals surface area contributed by atoms with E-state index in [1.165, 1.54) is 25.2 Å². The molecule has 0 aliphatic carbocycles. The standard InChI is InChI=1S/C11H15BrFN3/c12-5-1-3-10-4-2-6-16(10)11-14-7-9(13)8-15-11/h7-8,10H,1-6H2. The van der Waals surface area contributed by atoms with E-state index in [2.05, 4.69) is 30.8 Å². The van der Waals surface area contributed by atoms with Gasteiger partial charge in [0, 0.05) is 17.9 Å². The van der Waals surface area contributed by atoms with Gasteiger partial charge in [0.05, 0.1) is 12.4 Å². The lowest BCUT2D eigenvalue weighted by Gasteiger charge is -2.24. The van der Waals surface area contributed by atoms with Crippen LogP contribution in [-0.4, -0.2) is 27.9 Å². The van der Waals surface area contributed by atoms with Crippen molar-refractivity contribution in [3.05, 3.63) is 18.2 Å². The second kappa shape index (κ2) is 5.57. The Balaban J connectivity index is 2.04. The smallest absolute Gasteiger partial charge is 0.225 e. The maximum atomic E-state index is 12.7. The molecule has 1 unspecified atom stereocenters. The fourth-order valence-electron chi connectivity index (χ4n) is 2.17. The molecular formula is C11H15BrFN3. The van der Waals surface area contributed by atoms with Gasteiger partial charge in [0.25, 0.3) is 0 Å². The van der Waals surface area contributed by atoms with Gasteiger partial charge in [-0.1, -0.05) is 15.9 Å². The van der Waals surface area contributed by atoms with Crippen molar-refractivity contribution in [2.24, 2.45) is 0 Å². The van der Waals surface area contributed by atoms with E-state index in [1.54, 1.807) is 0 Å². The summed E-state index contributed by atoms with van der Waals surface area (Å²) in [6.07, 6.45) is 7.14. The number of hydrogen-bond acceptors (Lipinski definition) is 3. The summed E-state index contributed by atoms with van der Waals surface area (Å²) in [5.41, 5.74) is 0. The van der Waals surface area contributed by atoms with Gasteiger partial charge in [-0.3, -0.25) is 0 Å². The molecule has 3 nitrogen and oxygen atoms in total. The molecule has 0 saturated carbocycles. The second-order valence-electron chi connectivity index (χ2n) is 4.02. The molecule has 0 bridgehead atoms. The average molecular weight is 288 g/mol. The SMILES string of the molecule is Fc1cnc(N2CCCC2CCCBr)nc1. The zero-order valence-corrected chi connectivity index (χ0v) is 10.7. The van der Waals surface area contributed by atoms with Crippen molar-refractivity contribution in [1.82, 2.24) is 9.97 Å². The van der Waals surface area contributed by atoms with Crippen LogP contribution in [0.3, 0.4) is 0 Å². The highest BCUT2D eigenvalue weighted by Crippen LogP contribution is 2.25.